The number of hydrogen-bond acceptors (Lipinski definition) is 5. The zero-order chi connectivity index (χ0) is 30.6. The lowest BCUT2D eigenvalue weighted by atomic mass is 9.99. The van der Waals surface area contributed by atoms with Crippen LogP contribution in [0.2, 0.25) is 0 Å². The summed E-state index contributed by atoms with van der Waals surface area (Å²) in [6.07, 6.45) is -0.776. The lowest BCUT2D eigenvalue weighted by Crippen LogP contribution is -2.35. The van der Waals surface area contributed by atoms with Gasteiger partial charge in [0.15, 0.2) is 0 Å². The number of carbonyl (C=O) groups is 1. The minimum Gasteiger partial charge on any atom is -0.475 e. The van der Waals surface area contributed by atoms with Crippen molar-refractivity contribution in [2.45, 2.75) is 32.1 Å². The number of benzene rings is 3. The molecule has 1 saturated heterocycles. The molecule has 1 atom stereocenters. The van der Waals surface area contributed by atoms with Gasteiger partial charge in [-0.3, -0.25) is 4.79 Å². The average Bonchev–Trinajstić information content (AvgIpc) is 3.37. The number of halogens is 3. The van der Waals surface area contributed by atoms with Gasteiger partial charge in [0, 0.05) is 35.8 Å². The minimum atomic E-state index is -5.08. The molecule has 220 valence electrons. The molecule has 6 rings (SSSR count). The van der Waals surface area contributed by atoms with E-state index < -0.39 is 12.1 Å². The number of hydrogen-bond donors (Lipinski definition) is 2. The van der Waals surface area contributed by atoms with Crippen LogP contribution in [0.3, 0.4) is 0 Å². The Balaban J connectivity index is 0.000000472. The Kier molecular flexibility index (Phi) is 8.59. The molecule has 1 aliphatic heterocycles. The highest BCUT2D eigenvalue weighted by Gasteiger charge is 2.38. The van der Waals surface area contributed by atoms with Crippen molar-refractivity contribution in [3.05, 3.63) is 100 Å². The maximum atomic E-state index is 14.0. The number of alkyl halides is 3. The van der Waals surface area contributed by atoms with E-state index in [9.17, 15) is 18.0 Å². The number of aromatic nitrogens is 3. The van der Waals surface area contributed by atoms with E-state index in [4.69, 9.17) is 20.1 Å². The van der Waals surface area contributed by atoms with Gasteiger partial charge >= 0.3 is 12.1 Å². The summed E-state index contributed by atoms with van der Waals surface area (Å²) in [4.78, 5) is 27.8. The second-order valence-corrected chi connectivity index (χ2v) is 10.4. The molecule has 8 nitrogen and oxygen atoms in total. The van der Waals surface area contributed by atoms with E-state index in [1.54, 1.807) is 0 Å². The Morgan fingerprint density at radius 3 is 2.37 bits per heavy atom. The number of nitrogens with zero attached hydrogens (tertiary/aromatic N) is 4. The van der Waals surface area contributed by atoms with Gasteiger partial charge in [-0.25, -0.2) is 9.78 Å². The number of piperidine rings is 1. The first kappa shape index (κ1) is 29.5. The van der Waals surface area contributed by atoms with Crippen molar-refractivity contribution in [3.63, 3.8) is 0 Å². The molecular weight excluding hydrogens is 559 g/mol. The van der Waals surface area contributed by atoms with Gasteiger partial charge in [0.1, 0.15) is 5.69 Å². The van der Waals surface area contributed by atoms with Crippen molar-refractivity contribution in [2.24, 2.45) is 5.92 Å². The summed E-state index contributed by atoms with van der Waals surface area (Å²) in [7, 11) is 0. The number of para-hydroxylation sites is 3. The molecule has 11 heteroatoms. The highest BCUT2D eigenvalue weighted by Crippen LogP contribution is 2.30. The fourth-order valence-electron chi connectivity index (χ4n) is 5.33. The number of rotatable bonds is 5. The quantitative estimate of drug-likeness (QED) is 0.278. The van der Waals surface area contributed by atoms with E-state index in [2.05, 4.69) is 28.1 Å². The van der Waals surface area contributed by atoms with Crippen molar-refractivity contribution >= 4 is 27.9 Å². The van der Waals surface area contributed by atoms with Gasteiger partial charge in [0.2, 0.25) is 0 Å². The Bertz CT molecular complexity index is 1860. The fraction of sp³-hybridized carbons (Fsp3) is 0.250. The van der Waals surface area contributed by atoms with Gasteiger partial charge in [-0.2, -0.15) is 18.4 Å². The van der Waals surface area contributed by atoms with Crippen LogP contribution in [-0.2, 0) is 17.9 Å². The number of fused-ring (bicyclic) bond motifs is 2. The molecule has 2 aromatic heterocycles. The SMILES string of the molecule is N#Cc1ccc(Cn2cc(-c3nc4ccccc4n(CC4CCCNC4)c3=O)c3ccccc32)cc1.O=C(O)C(F)(F)F. The maximum absolute atomic E-state index is 14.0. The Hall–Kier alpha value is -4.95. The molecule has 1 aliphatic rings. The molecule has 0 amide bonds. The normalized spacial score (nSPS) is 15.1. The van der Waals surface area contributed by atoms with Crippen molar-refractivity contribution in [1.29, 1.82) is 5.26 Å². The Morgan fingerprint density at radius 1 is 1.05 bits per heavy atom. The van der Waals surface area contributed by atoms with Crippen LogP contribution in [0.15, 0.2) is 83.8 Å². The Morgan fingerprint density at radius 2 is 1.72 bits per heavy atom. The van der Waals surface area contributed by atoms with Crippen molar-refractivity contribution in [3.8, 4) is 17.3 Å². The smallest absolute Gasteiger partial charge is 0.475 e. The van der Waals surface area contributed by atoms with Crippen LogP contribution in [0.5, 0.6) is 0 Å². The van der Waals surface area contributed by atoms with Crippen LogP contribution in [0.1, 0.15) is 24.0 Å². The monoisotopic (exact) mass is 587 g/mol. The topological polar surface area (TPSA) is 113 Å². The number of carboxylic acid groups (broad SMARTS) is 1. The van der Waals surface area contributed by atoms with E-state index in [1.165, 1.54) is 0 Å². The maximum Gasteiger partial charge on any atom is 0.490 e. The summed E-state index contributed by atoms with van der Waals surface area (Å²) in [5, 5.41) is 20.7. The highest BCUT2D eigenvalue weighted by molar-refractivity contribution is 5.96. The van der Waals surface area contributed by atoms with Crippen LogP contribution in [0.4, 0.5) is 13.2 Å². The zero-order valence-electron chi connectivity index (χ0n) is 23.0. The fourth-order valence-corrected chi connectivity index (χ4v) is 5.33. The van der Waals surface area contributed by atoms with Gasteiger partial charge < -0.3 is 19.6 Å². The summed E-state index contributed by atoms with van der Waals surface area (Å²) in [6.45, 7) is 3.31. The molecule has 3 aromatic carbocycles. The van der Waals surface area contributed by atoms with Gasteiger partial charge in [-0.15, -0.1) is 0 Å². The zero-order valence-corrected chi connectivity index (χ0v) is 23.0. The molecule has 1 unspecified atom stereocenters. The second-order valence-electron chi connectivity index (χ2n) is 10.4. The van der Waals surface area contributed by atoms with Gasteiger partial charge in [-0.1, -0.05) is 42.5 Å². The summed E-state index contributed by atoms with van der Waals surface area (Å²) in [5.74, 6) is -2.33. The third-order valence-electron chi connectivity index (χ3n) is 7.41. The lowest BCUT2D eigenvalue weighted by molar-refractivity contribution is -0.192. The average molecular weight is 588 g/mol. The molecule has 0 bridgehead atoms. The molecular formula is C32H28F3N5O3. The number of aliphatic carboxylic acids is 1. The molecule has 0 spiro atoms. The first-order chi connectivity index (χ1) is 20.7. The summed E-state index contributed by atoms with van der Waals surface area (Å²) < 4.78 is 35.8. The predicted molar refractivity (Wildman–Crippen MR) is 156 cm³/mol. The molecule has 0 saturated carbocycles. The number of nitrogens with one attached hydrogen (secondary N) is 1. The van der Waals surface area contributed by atoms with Crippen LogP contribution in [0, 0.1) is 17.2 Å². The third kappa shape index (κ3) is 6.60. The number of carboxylic acids is 1. The number of nitriles is 1. The van der Waals surface area contributed by atoms with Crippen molar-refractivity contribution in [1.82, 2.24) is 19.4 Å². The highest BCUT2D eigenvalue weighted by atomic mass is 19.4. The van der Waals surface area contributed by atoms with Gasteiger partial charge in [-0.05, 0) is 67.7 Å². The van der Waals surface area contributed by atoms with E-state index >= 15 is 0 Å². The van der Waals surface area contributed by atoms with Crippen LogP contribution in [0.25, 0.3) is 33.2 Å². The van der Waals surface area contributed by atoms with Crippen molar-refractivity contribution < 1.29 is 23.1 Å². The van der Waals surface area contributed by atoms with Gasteiger partial charge in [0.05, 0.1) is 22.7 Å². The summed E-state index contributed by atoms with van der Waals surface area (Å²) in [6, 6.07) is 25.9. The van der Waals surface area contributed by atoms with E-state index in [-0.39, 0.29) is 5.56 Å². The van der Waals surface area contributed by atoms with E-state index in [1.807, 2.05) is 71.4 Å². The standard InChI is InChI=1S/C30H27N5O.C2HF3O2/c31-16-21-11-13-22(14-12-21)18-34-20-25(24-7-1-3-9-27(24)34)29-30(36)35(19-23-6-5-15-32-17-23)28-10-4-2-8-26(28)33-29;3-2(4,5)1(6)7/h1-4,7-14,20,23,32H,5-6,15,17-19H2;(H,6,7). The van der Waals surface area contributed by atoms with Crippen molar-refractivity contribution in [2.75, 3.05) is 13.1 Å². The van der Waals surface area contributed by atoms with Crippen LogP contribution >= 0.6 is 0 Å². The molecule has 3 heterocycles. The molecule has 0 aliphatic carbocycles. The third-order valence-corrected chi connectivity index (χ3v) is 7.41. The first-order valence-electron chi connectivity index (χ1n) is 13.7. The van der Waals surface area contributed by atoms with E-state index in [0.29, 0.717) is 30.3 Å². The van der Waals surface area contributed by atoms with Gasteiger partial charge in [0.25, 0.3) is 5.56 Å². The summed E-state index contributed by atoms with van der Waals surface area (Å²) in [5.41, 5.74) is 5.81. The molecule has 2 N–H and O–H groups in total. The molecule has 5 aromatic rings. The minimum absolute atomic E-state index is 0.0412. The largest absolute Gasteiger partial charge is 0.490 e. The first-order valence-corrected chi connectivity index (χ1v) is 13.7. The Labute approximate surface area is 244 Å². The second kappa shape index (κ2) is 12.5. The van der Waals surface area contributed by atoms with Crippen LogP contribution in [-0.4, -0.2) is 44.5 Å². The lowest BCUT2D eigenvalue weighted by Gasteiger charge is -2.24. The van der Waals surface area contributed by atoms with E-state index in [0.717, 1.165) is 59.0 Å². The van der Waals surface area contributed by atoms with Crippen LogP contribution < -0.4 is 10.9 Å². The predicted octanol–water partition coefficient (Wildman–Crippen LogP) is 5.57. The molecule has 1 fully saturated rings. The summed E-state index contributed by atoms with van der Waals surface area (Å²) >= 11 is 0. The molecule has 0 radical (unpaired) electrons. The molecule has 43 heavy (non-hydrogen) atoms.